The summed E-state index contributed by atoms with van der Waals surface area (Å²) in [6.07, 6.45) is 4.31. The predicted molar refractivity (Wildman–Crippen MR) is 78.4 cm³/mol. The number of amides is 1. The summed E-state index contributed by atoms with van der Waals surface area (Å²) in [4.78, 5) is 22.8. The number of carbonyl (C=O) groups excluding carboxylic acids is 1. The molecule has 0 spiro atoms. The molecule has 1 amide bonds. The zero-order valence-electron chi connectivity index (χ0n) is 12.8. The van der Waals surface area contributed by atoms with Crippen LogP contribution in [0.4, 0.5) is 0 Å². The molecule has 0 bridgehead atoms. The second kappa shape index (κ2) is 8.25. The van der Waals surface area contributed by atoms with Crippen molar-refractivity contribution in [3.05, 3.63) is 0 Å². The first kappa shape index (κ1) is 17.0. The van der Waals surface area contributed by atoms with Crippen LogP contribution >= 0.6 is 0 Å². The van der Waals surface area contributed by atoms with E-state index in [0.29, 0.717) is 5.92 Å². The highest BCUT2D eigenvalue weighted by Gasteiger charge is 2.26. The van der Waals surface area contributed by atoms with E-state index in [1.165, 1.54) is 0 Å². The van der Waals surface area contributed by atoms with Crippen molar-refractivity contribution in [2.24, 2.45) is 11.8 Å². The van der Waals surface area contributed by atoms with E-state index in [0.717, 1.165) is 38.6 Å². The summed E-state index contributed by atoms with van der Waals surface area (Å²) >= 11 is 0. The van der Waals surface area contributed by atoms with Gasteiger partial charge in [-0.15, -0.1) is 0 Å². The van der Waals surface area contributed by atoms with Crippen LogP contribution < -0.4 is 10.6 Å². The number of nitrogens with one attached hydrogen (secondary N) is 2. The molecule has 0 heterocycles. The van der Waals surface area contributed by atoms with Crippen LogP contribution in [-0.2, 0) is 9.59 Å². The Morgan fingerprint density at radius 2 is 1.80 bits per heavy atom. The smallest absolute Gasteiger partial charge is 0.306 e. The van der Waals surface area contributed by atoms with Crippen LogP contribution in [0.5, 0.6) is 0 Å². The van der Waals surface area contributed by atoms with Gasteiger partial charge in [-0.2, -0.15) is 0 Å². The van der Waals surface area contributed by atoms with Gasteiger partial charge in [-0.3, -0.25) is 9.59 Å². The van der Waals surface area contributed by atoms with Crippen molar-refractivity contribution < 1.29 is 14.7 Å². The zero-order valence-corrected chi connectivity index (χ0v) is 12.8. The van der Waals surface area contributed by atoms with Gasteiger partial charge in [0.2, 0.25) is 5.91 Å². The van der Waals surface area contributed by atoms with Gasteiger partial charge in [-0.05, 0) is 58.4 Å². The summed E-state index contributed by atoms with van der Waals surface area (Å²) in [5, 5.41) is 15.2. The van der Waals surface area contributed by atoms with Crippen LogP contribution in [0, 0.1) is 11.8 Å². The maximum absolute atomic E-state index is 11.9. The van der Waals surface area contributed by atoms with Gasteiger partial charge in [0.25, 0.3) is 0 Å². The number of rotatable bonds is 7. The van der Waals surface area contributed by atoms with E-state index in [1.54, 1.807) is 0 Å². The molecule has 1 fully saturated rings. The van der Waals surface area contributed by atoms with Gasteiger partial charge in [0.1, 0.15) is 0 Å². The molecule has 0 aromatic heterocycles. The van der Waals surface area contributed by atoms with E-state index in [-0.39, 0.29) is 23.9 Å². The van der Waals surface area contributed by atoms with Crippen LogP contribution in [0.15, 0.2) is 0 Å². The summed E-state index contributed by atoms with van der Waals surface area (Å²) in [5.41, 5.74) is 0. The molecule has 0 saturated heterocycles. The van der Waals surface area contributed by atoms with E-state index in [1.807, 2.05) is 20.8 Å². The van der Waals surface area contributed by atoms with E-state index >= 15 is 0 Å². The van der Waals surface area contributed by atoms with Crippen molar-refractivity contribution in [3.63, 3.8) is 0 Å². The molecule has 2 atom stereocenters. The standard InChI is InChI=1S/C15H28N2O3/c1-4-10(2)17-14(18)11(3)16-9-12-5-7-13(8-6-12)15(19)20/h10-13,16H,4-9H2,1-3H3,(H,17,18)(H,19,20). The molecular formula is C15H28N2O3. The van der Waals surface area contributed by atoms with Gasteiger partial charge in [-0.25, -0.2) is 0 Å². The first-order valence-corrected chi connectivity index (χ1v) is 7.70. The van der Waals surface area contributed by atoms with E-state index < -0.39 is 5.97 Å². The SMILES string of the molecule is CCC(C)NC(=O)C(C)NCC1CCC(C(=O)O)CC1. The van der Waals surface area contributed by atoms with Crippen LogP contribution in [0.2, 0.25) is 0 Å². The summed E-state index contributed by atoms with van der Waals surface area (Å²) in [6, 6.07) is 0.0129. The van der Waals surface area contributed by atoms with Crippen LogP contribution in [0.1, 0.15) is 52.9 Å². The minimum Gasteiger partial charge on any atom is -0.481 e. The third-order valence-corrected chi connectivity index (χ3v) is 4.30. The summed E-state index contributed by atoms with van der Waals surface area (Å²) in [6.45, 7) is 6.71. The molecule has 0 aromatic rings. The van der Waals surface area contributed by atoms with Crippen LogP contribution in [0.3, 0.4) is 0 Å². The Hall–Kier alpha value is -1.10. The lowest BCUT2D eigenvalue weighted by Gasteiger charge is -2.27. The molecular weight excluding hydrogens is 256 g/mol. The number of aliphatic carboxylic acids is 1. The quantitative estimate of drug-likeness (QED) is 0.666. The second-order valence-corrected chi connectivity index (χ2v) is 6.00. The summed E-state index contributed by atoms with van der Waals surface area (Å²) in [5.74, 6) is -0.307. The molecule has 1 saturated carbocycles. The Bertz CT molecular complexity index is 325. The predicted octanol–water partition coefficient (Wildman–Crippen LogP) is 1.77. The van der Waals surface area contributed by atoms with Crippen LogP contribution in [0.25, 0.3) is 0 Å². The van der Waals surface area contributed by atoms with E-state index in [9.17, 15) is 9.59 Å². The van der Waals surface area contributed by atoms with Crippen molar-refractivity contribution >= 4 is 11.9 Å². The summed E-state index contributed by atoms with van der Waals surface area (Å²) < 4.78 is 0. The van der Waals surface area contributed by atoms with Gasteiger partial charge >= 0.3 is 5.97 Å². The fourth-order valence-electron chi connectivity index (χ4n) is 2.52. The average molecular weight is 284 g/mol. The molecule has 3 N–H and O–H groups in total. The van der Waals surface area contributed by atoms with Gasteiger partial charge in [0, 0.05) is 6.04 Å². The monoisotopic (exact) mass is 284 g/mol. The zero-order chi connectivity index (χ0) is 15.1. The van der Waals surface area contributed by atoms with Gasteiger partial charge < -0.3 is 15.7 Å². The van der Waals surface area contributed by atoms with E-state index in [4.69, 9.17) is 5.11 Å². The maximum atomic E-state index is 11.9. The first-order chi connectivity index (χ1) is 9.43. The topological polar surface area (TPSA) is 78.4 Å². The van der Waals surface area contributed by atoms with Crippen LogP contribution in [-0.4, -0.2) is 35.6 Å². The lowest BCUT2D eigenvalue weighted by molar-refractivity contribution is -0.143. The van der Waals surface area contributed by atoms with Crippen molar-refractivity contribution in [2.45, 2.75) is 65.0 Å². The molecule has 0 aromatic carbocycles. The molecule has 5 nitrogen and oxygen atoms in total. The van der Waals surface area contributed by atoms with Crippen molar-refractivity contribution in [2.75, 3.05) is 6.54 Å². The Labute approximate surface area is 121 Å². The number of hydrogen-bond acceptors (Lipinski definition) is 3. The Morgan fingerprint density at radius 3 is 2.30 bits per heavy atom. The average Bonchev–Trinajstić information content (AvgIpc) is 2.44. The molecule has 1 rings (SSSR count). The minimum atomic E-state index is -0.669. The maximum Gasteiger partial charge on any atom is 0.306 e. The number of carbonyl (C=O) groups is 2. The fraction of sp³-hybridized carbons (Fsp3) is 0.867. The van der Waals surface area contributed by atoms with Gasteiger partial charge in [0.05, 0.1) is 12.0 Å². The molecule has 1 aliphatic rings. The first-order valence-electron chi connectivity index (χ1n) is 7.70. The number of hydrogen-bond donors (Lipinski definition) is 3. The molecule has 5 heteroatoms. The molecule has 20 heavy (non-hydrogen) atoms. The van der Waals surface area contributed by atoms with Crippen molar-refractivity contribution in [1.82, 2.24) is 10.6 Å². The van der Waals surface area contributed by atoms with Crippen molar-refractivity contribution in [3.8, 4) is 0 Å². The molecule has 1 aliphatic carbocycles. The minimum absolute atomic E-state index is 0.0403. The van der Waals surface area contributed by atoms with Gasteiger partial charge in [-0.1, -0.05) is 6.92 Å². The fourth-order valence-corrected chi connectivity index (χ4v) is 2.52. The molecule has 0 aliphatic heterocycles. The number of carboxylic acid groups (broad SMARTS) is 1. The summed E-state index contributed by atoms with van der Waals surface area (Å²) in [7, 11) is 0. The normalized spacial score (nSPS) is 25.8. The lowest BCUT2D eigenvalue weighted by Crippen LogP contribution is -2.46. The third-order valence-electron chi connectivity index (χ3n) is 4.30. The second-order valence-electron chi connectivity index (χ2n) is 6.00. The molecule has 116 valence electrons. The highest BCUT2D eigenvalue weighted by molar-refractivity contribution is 5.81. The van der Waals surface area contributed by atoms with Gasteiger partial charge in [0.15, 0.2) is 0 Å². The largest absolute Gasteiger partial charge is 0.481 e. The molecule has 2 unspecified atom stereocenters. The third kappa shape index (κ3) is 5.49. The lowest BCUT2D eigenvalue weighted by atomic mass is 9.82. The highest BCUT2D eigenvalue weighted by Crippen LogP contribution is 2.28. The Kier molecular flexibility index (Phi) is 6.99. The number of carboxylic acids is 1. The Balaban J connectivity index is 2.23. The Morgan fingerprint density at radius 1 is 1.20 bits per heavy atom. The van der Waals surface area contributed by atoms with E-state index in [2.05, 4.69) is 10.6 Å². The van der Waals surface area contributed by atoms with Crippen molar-refractivity contribution in [1.29, 1.82) is 0 Å². The highest BCUT2D eigenvalue weighted by atomic mass is 16.4. The molecule has 0 radical (unpaired) electrons.